The number of ether oxygens (including phenoxy) is 2. The maximum Gasteiger partial charge on any atom is 0.307 e. The van der Waals surface area contributed by atoms with Crippen molar-refractivity contribution in [1.29, 1.82) is 0 Å². The fourth-order valence-corrected chi connectivity index (χ4v) is 4.26. The van der Waals surface area contributed by atoms with E-state index >= 15 is 0 Å². The standard InChI is InChI=1S/C21H21NO4S2/c1-3-25-17-10-9-14-7-5-6-8-15(14)16(17)13-18-20(24)22(21(27)28-18)12-11-19(23)26-4-2/h5-10,13H,3-4,11-12H2,1-2H3/b18-13-. The smallest absolute Gasteiger partial charge is 0.307 e. The summed E-state index contributed by atoms with van der Waals surface area (Å²) in [6.07, 6.45) is 1.95. The molecule has 1 amide bonds. The number of benzene rings is 2. The Morgan fingerprint density at radius 1 is 1.18 bits per heavy atom. The number of fused-ring (bicyclic) bond motifs is 1. The number of hydrogen-bond donors (Lipinski definition) is 0. The molecule has 5 nitrogen and oxygen atoms in total. The van der Waals surface area contributed by atoms with E-state index in [1.165, 1.54) is 16.7 Å². The Morgan fingerprint density at radius 3 is 2.71 bits per heavy atom. The van der Waals surface area contributed by atoms with Crippen LogP contribution in [0.1, 0.15) is 25.8 Å². The second-order valence-corrected chi connectivity index (χ2v) is 7.70. The van der Waals surface area contributed by atoms with Crippen molar-refractivity contribution in [3.63, 3.8) is 0 Å². The van der Waals surface area contributed by atoms with E-state index in [1.54, 1.807) is 6.92 Å². The molecular formula is C21H21NO4S2. The second-order valence-electron chi connectivity index (χ2n) is 6.02. The molecule has 2 aromatic rings. The van der Waals surface area contributed by atoms with Crippen LogP contribution in [0.2, 0.25) is 0 Å². The van der Waals surface area contributed by atoms with Crippen molar-refractivity contribution >= 4 is 57.0 Å². The Balaban J connectivity index is 1.91. The summed E-state index contributed by atoms with van der Waals surface area (Å²) in [6, 6.07) is 11.9. The van der Waals surface area contributed by atoms with Crippen LogP contribution in [0.25, 0.3) is 16.8 Å². The van der Waals surface area contributed by atoms with Crippen LogP contribution < -0.4 is 4.74 Å². The van der Waals surface area contributed by atoms with E-state index in [-0.39, 0.29) is 24.8 Å². The summed E-state index contributed by atoms with van der Waals surface area (Å²) in [5.74, 6) is 0.181. The van der Waals surface area contributed by atoms with Gasteiger partial charge in [0.2, 0.25) is 0 Å². The number of carbonyl (C=O) groups is 2. The summed E-state index contributed by atoms with van der Waals surface area (Å²) in [7, 11) is 0. The molecular weight excluding hydrogens is 394 g/mol. The van der Waals surface area contributed by atoms with Gasteiger partial charge in [-0.25, -0.2) is 0 Å². The first-order valence-corrected chi connectivity index (χ1v) is 10.3. The van der Waals surface area contributed by atoms with Crippen LogP contribution in [0.4, 0.5) is 0 Å². The zero-order chi connectivity index (χ0) is 20.1. The van der Waals surface area contributed by atoms with Gasteiger partial charge in [-0.2, -0.15) is 0 Å². The third-order valence-electron chi connectivity index (χ3n) is 4.22. The van der Waals surface area contributed by atoms with Gasteiger partial charge in [0.1, 0.15) is 10.1 Å². The molecule has 0 atom stereocenters. The Kier molecular flexibility index (Phi) is 6.70. The lowest BCUT2D eigenvalue weighted by atomic mass is 10.0. The molecule has 0 bridgehead atoms. The first kappa shape index (κ1) is 20.4. The van der Waals surface area contributed by atoms with Gasteiger partial charge in [0.05, 0.1) is 24.5 Å². The Hall–Kier alpha value is -2.38. The highest BCUT2D eigenvalue weighted by atomic mass is 32.2. The van der Waals surface area contributed by atoms with E-state index in [0.29, 0.717) is 22.4 Å². The molecule has 0 saturated carbocycles. The molecule has 0 aromatic heterocycles. The minimum Gasteiger partial charge on any atom is -0.493 e. The highest BCUT2D eigenvalue weighted by Gasteiger charge is 2.32. The van der Waals surface area contributed by atoms with Crippen molar-refractivity contribution < 1.29 is 19.1 Å². The van der Waals surface area contributed by atoms with Crippen molar-refractivity contribution in [2.24, 2.45) is 0 Å². The normalized spacial score (nSPS) is 15.5. The number of nitrogens with zero attached hydrogens (tertiary/aromatic N) is 1. The zero-order valence-electron chi connectivity index (χ0n) is 15.8. The topological polar surface area (TPSA) is 55.8 Å². The van der Waals surface area contributed by atoms with Crippen LogP contribution >= 0.6 is 24.0 Å². The number of esters is 1. The van der Waals surface area contributed by atoms with E-state index in [4.69, 9.17) is 21.7 Å². The first-order chi connectivity index (χ1) is 13.5. The molecule has 2 aromatic carbocycles. The highest BCUT2D eigenvalue weighted by molar-refractivity contribution is 8.26. The van der Waals surface area contributed by atoms with E-state index in [2.05, 4.69) is 0 Å². The fraction of sp³-hybridized carbons (Fsp3) is 0.286. The van der Waals surface area contributed by atoms with Crippen LogP contribution in [0, 0.1) is 0 Å². The molecule has 7 heteroatoms. The molecule has 1 heterocycles. The van der Waals surface area contributed by atoms with Gasteiger partial charge in [0.25, 0.3) is 5.91 Å². The summed E-state index contributed by atoms with van der Waals surface area (Å²) >= 11 is 6.59. The molecule has 0 spiro atoms. The molecule has 0 radical (unpaired) electrons. The average Bonchev–Trinajstić information content (AvgIpc) is 2.95. The van der Waals surface area contributed by atoms with Crippen molar-refractivity contribution in [2.75, 3.05) is 19.8 Å². The van der Waals surface area contributed by atoms with Crippen molar-refractivity contribution in [3.8, 4) is 5.75 Å². The molecule has 1 aliphatic rings. The van der Waals surface area contributed by atoms with E-state index in [1.807, 2.05) is 49.4 Å². The Morgan fingerprint density at radius 2 is 1.96 bits per heavy atom. The van der Waals surface area contributed by atoms with Gasteiger partial charge in [0, 0.05) is 12.1 Å². The molecule has 0 N–H and O–H groups in total. The predicted octanol–water partition coefficient (Wildman–Crippen LogP) is 4.39. The molecule has 1 fully saturated rings. The monoisotopic (exact) mass is 415 g/mol. The van der Waals surface area contributed by atoms with Gasteiger partial charge in [0.15, 0.2) is 0 Å². The summed E-state index contributed by atoms with van der Waals surface area (Å²) in [4.78, 5) is 26.4. The first-order valence-electron chi connectivity index (χ1n) is 9.10. The van der Waals surface area contributed by atoms with Gasteiger partial charge in [-0.1, -0.05) is 54.3 Å². The highest BCUT2D eigenvalue weighted by Crippen LogP contribution is 2.37. The quantitative estimate of drug-likeness (QED) is 0.380. The third kappa shape index (κ3) is 4.36. The van der Waals surface area contributed by atoms with E-state index in [9.17, 15) is 9.59 Å². The number of hydrogen-bond acceptors (Lipinski definition) is 6. The van der Waals surface area contributed by atoms with Gasteiger partial charge >= 0.3 is 5.97 Å². The molecule has 1 aliphatic heterocycles. The molecule has 28 heavy (non-hydrogen) atoms. The lowest BCUT2D eigenvalue weighted by molar-refractivity contribution is -0.143. The maximum absolute atomic E-state index is 12.9. The summed E-state index contributed by atoms with van der Waals surface area (Å²) in [5.41, 5.74) is 0.853. The van der Waals surface area contributed by atoms with Gasteiger partial charge < -0.3 is 9.47 Å². The predicted molar refractivity (Wildman–Crippen MR) is 116 cm³/mol. The number of amides is 1. The lowest BCUT2D eigenvalue weighted by Crippen LogP contribution is -2.30. The van der Waals surface area contributed by atoms with Gasteiger partial charge in [-0.3, -0.25) is 14.5 Å². The number of carbonyl (C=O) groups excluding carboxylic acids is 2. The number of thioether (sulfide) groups is 1. The van der Waals surface area contributed by atoms with Crippen molar-refractivity contribution in [1.82, 2.24) is 4.90 Å². The molecule has 146 valence electrons. The maximum atomic E-state index is 12.9. The van der Waals surface area contributed by atoms with Crippen LogP contribution in [-0.4, -0.2) is 40.9 Å². The SMILES string of the molecule is CCOC(=O)CCN1C(=O)/C(=C/c2c(OCC)ccc3ccccc23)SC1=S. The molecule has 3 rings (SSSR count). The summed E-state index contributed by atoms with van der Waals surface area (Å²) in [6.45, 7) is 4.74. The largest absolute Gasteiger partial charge is 0.493 e. The second kappa shape index (κ2) is 9.21. The van der Waals surface area contributed by atoms with Gasteiger partial charge in [-0.05, 0) is 36.8 Å². The van der Waals surface area contributed by atoms with E-state index < -0.39 is 0 Å². The molecule has 0 unspecified atom stereocenters. The minimum atomic E-state index is -0.340. The molecule has 0 aliphatic carbocycles. The minimum absolute atomic E-state index is 0.117. The Bertz CT molecular complexity index is 955. The average molecular weight is 416 g/mol. The van der Waals surface area contributed by atoms with Crippen LogP contribution in [0.15, 0.2) is 41.3 Å². The Labute approximate surface area is 173 Å². The van der Waals surface area contributed by atoms with Crippen LogP contribution in [0.3, 0.4) is 0 Å². The zero-order valence-corrected chi connectivity index (χ0v) is 17.4. The fourth-order valence-electron chi connectivity index (χ4n) is 2.97. The van der Waals surface area contributed by atoms with Crippen molar-refractivity contribution in [2.45, 2.75) is 20.3 Å². The number of rotatable bonds is 7. The molecule has 1 saturated heterocycles. The summed E-state index contributed by atoms with van der Waals surface area (Å²) in [5, 5.41) is 2.07. The van der Waals surface area contributed by atoms with Gasteiger partial charge in [-0.15, -0.1) is 0 Å². The summed E-state index contributed by atoms with van der Waals surface area (Å²) < 4.78 is 11.1. The van der Waals surface area contributed by atoms with Crippen LogP contribution in [0.5, 0.6) is 5.75 Å². The van der Waals surface area contributed by atoms with E-state index in [0.717, 1.165) is 22.1 Å². The number of thiocarbonyl (C=S) groups is 1. The third-order valence-corrected chi connectivity index (χ3v) is 5.60. The van der Waals surface area contributed by atoms with Crippen LogP contribution in [-0.2, 0) is 14.3 Å². The van der Waals surface area contributed by atoms with Crippen molar-refractivity contribution in [3.05, 3.63) is 46.9 Å². The lowest BCUT2D eigenvalue weighted by Gasteiger charge is -2.13.